The van der Waals surface area contributed by atoms with E-state index in [1.165, 1.54) is 17.1 Å². The summed E-state index contributed by atoms with van der Waals surface area (Å²) in [4.78, 5) is 8.49. The van der Waals surface area contributed by atoms with E-state index in [0.717, 1.165) is 44.5 Å². The number of guanidine groups is 1. The predicted molar refractivity (Wildman–Crippen MR) is 93.1 cm³/mol. The van der Waals surface area contributed by atoms with Crippen molar-refractivity contribution in [2.75, 3.05) is 31.9 Å². The van der Waals surface area contributed by atoms with Gasteiger partial charge in [-0.1, -0.05) is 25.1 Å². The number of likely N-dealkylation sites (tertiary alicyclic amines) is 1. The zero-order valence-electron chi connectivity index (χ0n) is 13.2. The molecule has 4 heteroatoms. The van der Waals surface area contributed by atoms with Gasteiger partial charge in [-0.05, 0) is 37.8 Å². The quantitative estimate of drug-likeness (QED) is 0.495. The Morgan fingerprint density at radius 1 is 1.33 bits per heavy atom. The van der Waals surface area contributed by atoms with Crippen LogP contribution in [0.4, 0.5) is 0 Å². The van der Waals surface area contributed by atoms with Crippen molar-refractivity contribution in [1.82, 2.24) is 10.2 Å². The van der Waals surface area contributed by atoms with E-state index in [1.807, 2.05) is 11.8 Å². The molecule has 0 spiro atoms. The zero-order chi connectivity index (χ0) is 14.9. The number of aliphatic imine (C=N–C) groups is 1. The summed E-state index contributed by atoms with van der Waals surface area (Å²) in [7, 11) is 0. The number of nitrogens with zero attached hydrogens (tertiary/aromatic N) is 2. The van der Waals surface area contributed by atoms with Crippen LogP contribution >= 0.6 is 11.8 Å². The lowest BCUT2D eigenvalue weighted by molar-refractivity contribution is 0.474. The zero-order valence-corrected chi connectivity index (χ0v) is 14.0. The highest BCUT2D eigenvalue weighted by molar-refractivity contribution is 7.99. The minimum atomic E-state index is 0.765. The molecule has 1 fully saturated rings. The van der Waals surface area contributed by atoms with Crippen LogP contribution in [0.3, 0.4) is 0 Å². The second-order valence-corrected chi connectivity index (χ2v) is 6.55. The maximum atomic E-state index is 4.69. The van der Waals surface area contributed by atoms with Gasteiger partial charge >= 0.3 is 0 Å². The minimum Gasteiger partial charge on any atom is -0.357 e. The van der Waals surface area contributed by atoms with Crippen molar-refractivity contribution >= 4 is 17.7 Å². The lowest BCUT2D eigenvalue weighted by Crippen LogP contribution is -2.40. The molecule has 0 aromatic heterocycles. The molecule has 2 rings (SSSR count). The van der Waals surface area contributed by atoms with Crippen LogP contribution in [-0.2, 0) is 0 Å². The van der Waals surface area contributed by atoms with Gasteiger partial charge in [0.2, 0.25) is 0 Å². The Hall–Kier alpha value is -1.16. The van der Waals surface area contributed by atoms with Gasteiger partial charge in [0.15, 0.2) is 5.96 Å². The molecule has 1 N–H and O–H groups in total. The summed E-state index contributed by atoms with van der Waals surface area (Å²) < 4.78 is 0. The molecule has 0 aliphatic carbocycles. The fourth-order valence-electron chi connectivity index (χ4n) is 2.54. The number of rotatable bonds is 6. The summed E-state index contributed by atoms with van der Waals surface area (Å²) >= 11 is 1.98. The van der Waals surface area contributed by atoms with Crippen molar-refractivity contribution in [1.29, 1.82) is 0 Å². The normalized spacial score (nSPS) is 19.0. The van der Waals surface area contributed by atoms with Crippen LogP contribution in [0.15, 0.2) is 40.2 Å². The molecular weight excluding hydrogens is 278 g/mol. The van der Waals surface area contributed by atoms with Gasteiger partial charge in [0.05, 0.1) is 0 Å². The second-order valence-electron chi connectivity index (χ2n) is 5.46. The van der Waals surface area contributed by atoms with Gasteiger partial charge in [-0.25, -0.2) is 0 Å². The van der Waals surface area contributed by atoms with E-state index in [1.54, 1.807) is 0 Å². The fourth-order valence-corrected chi connectivity index (χ4v) is 3.59. The molecule has 1 unspecified atom stereocenters. The van der Waals surface area contributed by atoms with E-state index in [9.17, 15) is 0 Å². The lowest BCUT2D eigenvalue weighted by Gasteiger charge is -2.21. The molecule has 1 saturated heterocycles. The first-order chi connectivity index (χ1) is 10.3. The van der Waals surface area contributed by atoms with Crippen molar-refractivity contribution in [2.45, 2.75) is 31.6 Å². The Kier molecular flexibility index (Phi) is 6.93. The van der Waals surface area contributed by atoms with Crippen molar-refractivity contribution < 1.29 is 0 Å². The van der Waals surface area contributed by atoms with Crippen LogP contribution < -0.4 is 5.32 Å². The van der Waals surface area contributed by atoms with E-state index < -0.39 is 0 Å². The Morgan fingerprint density at radius 2 is 2.14 bits per heavy atom. The molecule has 0 amide bonds. The van der Waals surface area contributed by atoms with Gasteiger partial charge in [-0.15, -0.1) is 11.8 Å². The highest BCUT2D eigenvalue weighted by atomic mass is 32.2. The number of benzene rings is 1. The van der Waals surface area contributed by atoms with Crippen molar-refractivity contribution in [3.63, 3.8) is 0 Å². The predicted octanol–water partition coefficient (Wildman–Crippen LogP) is 3.48. The maximum Gasteiger partial charge on any atom is 0.193 e. The molecule has 1 aromatic rings. The maximum absolute atomic E-state index is 4.69. The average molecular weight is 305 g/mol. The number of hydrogen-bond donors (Lipinski definition) is 1. The lowest BCUT2D eigenvalue weighted by atomic mass is 10.2. The second kappa shape index (κ2) is 8.98. The number of hydrogen-bond acceptors (Lipinski definition) is 2. The molecule has 1 aliphatic heterocycles. The highest BCUT2D eigenvalue weighted by Crippen LogP contribution is 2.25. The molecular formula is C17H27N3S. The fraction of sp³-hybridized carbons (Fsp3) is 0.588. The first-order valence-corrected chi connectivity index (χ1v) is 9.03. The monoisotopic (exact) mass is 305 g/mol. The van der Waals surface area contributed by atoms with E-state index >= 15 is 0 Å². The molecule has 1 atom stereocenters. The molecule has 116 valence electrons. The molecule has 0 saturated carbocycles. The van der Waals surface area contributed by atoms with E-state index in [2.05, 4.69) is 54.4 Å². The molecule has 1 aromatic carbocycles. The standard InChI is InChI=1S/C17H27N3S/c1-3-11-19-17(18-4-2)20-12-10-15(13-20)14-21-16-8-6-5-7-9-16/h5-9,15H,3-4,10-14H2,1-2H3,(H,18,19). The summed E-state index contributed by atoms with van der Waals surface area (Å²) in [6.45, 7) is 8.45. The molecule has 0 radical (unpaired) electrons. The Morgan fingerprint density at radius 3 is 2.86 bits per heavy atom. The highest BCUT2D eigenvalue weighted by Gasteiger charge is 2.24. The van der Waals surface area contributed by atoms with Crippen LogP contribution in [0.2, 0.25) is 0 Å². The first-order valence-electron chi connectivity index (χ1n) is 8.04. The summed E-state index contributed by atoms with van der Waals surface area (Å²) in [6.07, 6.45) is 2.38. The Balaban J connectivity index is 1.81. The van der Waals surface area contributed by atoms with Gasteiger partial charge in [0.25, 0.3) is 0 Å². The Bertz CT molecular complexity index is 433. The van der Waals surface area contributed by atoms with Crippen LogP contribution in [-0.4, -0.2) is 42.8 Å². The molecule has 0 bridgehead atoms. The third kappa shape index (κ3) is 5.27. The SMILES string of the molecule is CCCN=C(NCC)N1CCC(CSc2ccccc2)C1. The van der Waals surface area contributed by atoms with Crippen molar-refractivity contribution in [2.24, 2.45) is 10.9 Å². The minimum absolute atomic E-state index is 0.765. The number of nitrogens with one attached hydrogen (secondary N) is 1. The van der Waals surface area contributed by atoms with Gasteiger partial charge in [0.1, 0.15) is 0 Å². The van der Waals surface area contributed by atoms with Crippen LogP contribution in [0, 0.1) is 5.92 Å². The summed E-state index contributed by atoms with van der Waals surface area (Å²) in [5.41, 5.74) is 0. The van der Waals surface area contributed by atoms with Crippen LogP contribution in [0.25, 0.3) is 0 Å². The number of thioether (sulfide) groups is 1. The van der Waals surface area contributed by atoms with Gasteiger partial charge < -0.3 is 10.2 Å². The van der Waals surface area contributed by atoms with E-state index in [4.69, 9.17) is 4.99 Å². The van der Waals surface area contributed by atoms with Crippen LogP contribution in [0.1, 0.15) is 26.7 Å². The largest absolute Gasteiger partial charge is 0.357 e. The molecule has 1 heterocycles. The summed E-state index contributed by atoms with van der Waals surface area (Å²) in [5, 5.41) is 3.42. The van der Waals surface area contributed by atoms with Crippen LogP contribution in [0.5, 0.6) is 0 Å². The summed E-state index contributed by atoms with van der Waals surface area (Å²) in [5.74, 6) is 3.07. The van der Waals surface area contributed by atoms with Crippen molar-refractivity contribution in [3.05, 3.63) is 30.3 Å². The van der Waals surface area contributed by atoms with Gasteiger partial charge in [-0.3, -0.25) is 4.99 Å². The Labute approximate surface area is 133 Å². The average Bonchev–Trinajstić information content (AvgIpc) is 2.99. The van der Waals surface area contributed by atoms with Gasteiger partial charge in [-0.2, -0.15) is 0 Å². The first kappa shape index (κ1) is 16.2. The molecule has 1 aliphatic rings. The smallest absolute Gasteiger partial charge is 0.193 e. The molecule has 21 heavy (non-hydrogen) atoms. The molecule has 3 nitrogen and oxygen atoms in total. The third-order valence-electron chi connectivity index (χ3n) is 3.63. The third-order valence-corrected chi connectivity index (χ3v) is 4.88. The van der Waals surface area contributed by atoms with E-state index in [0.29, 0.717) is 0 Å². The van der Waals surface area contributed by atoms with E-state index in [-0.39, 0.29) is 0 Å². The van der Waals surface area contributed by atoms with Crippen molar-refractivity contribution in [3.8, 4) is 0 Å². The summed E-state index contributed by atoms with van der Waals surface area (Å²) in [6, 6.07) is 10.7. The van der Waals surface area contributed by atoms with Gasteiger partial charge in [0, 0.05) is 36.8 Å². The topological polar surface area (TPSA) is 27.6 Å².